The number of H-pyrrole nitrogens is 1. The number of amides is 6. The maximum Gasteiger partial charge on any atom is 0.472 e. The summed E-state index contributed by atoms with van der Waals surface area (Å²) in [5.41, 5.74) is 5.76. The van der Waals surface area contributed by atoms with Gasteiger partial charge in [-0.25, -0.2) is 9.55 Å². The van der Waals surface area contributed by atoms with Crippen LogP contribution in [-0.2, 0) is 58.3 Å². The molecule has 0 spiro atoms. The number of imidazole rings is 1. The average molecular weight is 819 g/mol. The molecule has 316 valence electrons. The maximum absolute atomic E-state index is 13.8. The zero-order chi connectivity index (χ0) is 42.2. The normalized spacial score (nSPS) is 17.9. The van der Waals surface area contributed by atoms with Gasteiger partial charge in [0.2, 0.25) is 35.4 Å². The number of hydrogen-bond acceptors (Lipinski definition) is 13. The number of aromatic amines is 1. The van der Waals surface area contributed by atoms with Crippen molar-refractivity contribution in [1.29, 1.82) is 0 Å². The van der Waals surface area contributed by atoms with Crippen LogP contribution in [0.15, 0.2) is 12.5 Å². The molecule has 0 bridgehead atoms. The Kier molecular flexibility index (Phi) is 19.5. The molecule has 1 fully saturated rings. The van der Waals surface area contributed by atoms with Crippen molar-refractivity contribution in [2.24, 2.45) is 11.7 Å². The number of likely N-dealkylation sites (tertiary alicyclic amines) is 1. The Morgan fingerprint density at radius 3 is 2.18 bits per heavy atom. The number of carbonyl (C=O) groups is 7. The van der Waals surface area contributed by atoms with E-state index in [4.69, 9.17) is 20.1 Å². The quantitative estimate of drug-likeness (QED) is 0.0493. The van der Waals surface area contributed by atoms with E-state index < -0.39 is 99.3 Å². The summed E-state index contributed by atoms with van der Waals surface area (Å²) in [6.07, 6.45) is 1.40. The number of hydrogen-bond donors (Lipinski definition) is 9. The first kappa shape index (κ1) is 47.7. The first-order valence-corrected chi connectivity index (χ1v) is 19.6. The minimum absolute atomic E-state index is 0.0683. The van der Waals surface area contributed by atoms with Crippen molar-refractivity contribution < 1.29 is 67.0 Å². The Balaban J connectivity index is 2.20. The number of phosphoric acid groups is 1. The molecule has 2 heterocycles. The fourth-order valence-electron chi connectivity index (χ4n) is 5.62. The number of carboxylic acid groups (broad SMARTS) is 1. The highest BCUT2D eigenvalue weighted by molar-refractivity contribution is 7.47. The molecule has 1 aromatic rings. The molecule has 1 aliphatic rings. The van der Waals surface area contributed by atoms with Crippen molar-refractivity contribution >= 4 is 49.2 Å². The van der Waals surface area contributed by atoms with E-state index in [1.807, 2.05) is 27.7 Å². The summed E-state index contributed by atoms with van der Waals surface area (Å²) in [7, 11) is -4.94. The van der Waals surface area contributed by atoms with Gasteiger partial charge in [-0.2, -0.15) is 0 Å². The fraction of sp³-hybridized carbons (Fsp3) is 0.697. The number of carbonyl (C=O) groups excluding carboxylic acids is 6. The van der Waals surface area contributed by atoms with E-state index in [-0.39, 0.29) is 43.8 Å². The van der Waals surface area contributed by atoms with E-state index in [1.54, 1.807) is 0 Å². The number of nitrogens with zero attached hydrogens (tertiary/aromatic N) is 2. The van der Waals surface area contributed by atoms with E-state index in [9.17, 15) is 48.1 Å². The lowest BCUT2D eigenvalue weighted by molar-refractivity contribution is -0.140. The van der Waals surface area contributed by atoms with Gasteiger partial charge >= 0.3 is 13.8 Å². The summed E-state index contributed by atoms with van der Waals surface area (Å²) in [4.78, 5) is 108. The average Bonchev–Trinajstić information content (AvgIpc) is 3.80. The number of aliphatic hydroxyl groups is 1. The summed E-state index contributed by atoms with van der Waals surface area (Å²) in [5.74, 6) is -6.38. The molecule has 2 rings (SSSR count). The highest BCUT2D eigenvalue weighted by Gasteiger charge is 2.38. The first-order chi connectivity index (χ1) is 26.2. The van der Waals surface area contributed by atoms with Crippen LogP contribution in [0.4, 0.5) is 0 Å². The van der Waals surface area contributed by atoms with Gasteiger partial charge in [-0.15, -0.1) is 0 Å². The number of carboxylic acids is 1. The van der Waals surface area contributed by atoms with Crippen LogP contribution < -0.4 is 27.0 Å². The molecule has 0 aromatic carbocycles. The number of nitrogens with two attached hydrogens (primary N) is 1. The largest absolute Gasteiger partial charge is 0.481 e. The molecule has 0 saturated carbocycles. The first-order valence-electron chi connectivity index (χ1n) is 18.1. The molecule has 6 amide bonds. The van der Waals surface area contributed by atoms with Crippen LogP contribution in [0.2, 0.25) is 0 Å². The van der Waals surface area contributed by atoms with Crippen molar-refractivity contribution in [3.63, 3.8) is 0 Å². The predicted octanol–water partition coefficient (Wildman–Crippen LogP) is -1.78. The third-order valence-corrected chi connectivity index (χ3v) is 9.46. The Bertz CT molecular complexity index is 1540. The van der Waals surface area contributed by atoms with Crippen molar-refractivity contribution in [1.82, 2.24) is 36.1 Å². The standard InChI is InChI=1S/C33H55N8O14P/c1-18(2)13-22(38-33(50)25-7-6-10-41(25)26(43)8-11-53-19(3)4)30(47)37-23(14-21-15-35-17-36-21)31(48)39-24(16-42)32(49)40-28(29(34)46)20(5)55-56(51,52)54-12-9-27(44)45/h15,17-20,22-25,28,42H,6-14,16H2,1-5H3,(H2,34,46)(H,35,36)(H,37,47)(H,38,50)(H,39,48)(H,40,49)(H,44,45)(H,51,52)/t20-,22+,23+,24+,25+,28+/m1/s1. The lowest BCUT2D eigenvalue weighted by atomic mass is 10.0. The lowest BCUT2D eigenvalue weighted by Gasteiger charge is -2.29. The fourth-order valence-corrected chi connectivity index (χ4v) is 6.55. The third kappa shape index (κ3) is 16.3. The van der Waals surface area contributed by atoms with Gasteiger partial charge in [-0.1, -0.05) is 13.8 Å². The maximum atomic E-state index is 13.8. The molecule has 7 atom stereocenters. The lowest BCUT2D eigenvalue weighted by Crippen LogP contribution is -2.61. The number of aromatic nitrogens is 2. The minimum Gasteiger partial charge on any atom is -0.481 e. The molecule has 1 aliphatic heterocycles. The summed E-state index contributed by atoms with van der Waals surface area (Å²) in [6.45, 7) is 7.24. The van der Waals surface area contributed by atoms with Gasteiger partial charge in [0, 0.05) is 24.9 Å². The number of phosphoric ester groups is 1. The second-order valence-electron chi connectivity index (χ2n) is 13.8. The Hall–Kier alpha value is -4.47. The second-order valence-corrected chi connectivity index (χ2v) is 15.2. The number of rotatable bonds is 25. The highest BCUT2D eigenvalue weighted by atomic mass is 31.2. The van der Waals surface area contributed by atoms with Gasteiger partial charge in [0.1, 0.15) is 30.2 Å². The number of primary amides is 1. The van der Waals surface area contributed by atoms with Crippen molar-refractivity contribution in [2.75, 3.05) is 26.4 Å². The SMILES string of the molecule is CC(C)C[C@H](NC(=O)[C@@H]1CCCN1C(=O)CCOC(C)C)C(=O)N[C@@H](Cc1cnc[nH]1)C(=O)N[C@@H](CO)C(=O)N[C@H](C(N)=O)[C@@H](C)OP(=O)(O)OCCC(=O)O. The summed E-state index contributed by atoms with van der Waals surface area (Å²) in [5, 5.41) is 28.5. The number of aliphatic hydroxyl groups excluding tert-OH is 1. The van der Waals surface area contributed by atoms with Crippen LogP contribution in [0.25, 0.3) is 0 Å². The Morgan fingerprint density at radius 1 is 0.964 bits per heavy atom. The van der Waals surface area contributed by atoms with E-state index >= 15 is 0 Å². The molecule has 22 nitrogen and oxygen atoms in total. The molecule has 0 aliphatic carbocycles. The molecular weight excluding hydrogens is 763 g/mol. The van der Waals surface area contributed by atoms with E-state index in [0.29, 0.717) is 25.1 Å². The Morgan fingerprint density at radius 2 is 1.61 bits per heavy atom. The smallest absolute Gasteiger partial charge is 0.472 e. The van der Waals surface area contributed by atoms with Gasteiger partial charge in [0.25, 0.3) is 0 Å². The van der Waals surface area contributed by atoms with Crippen LogP contribution in [0, 0.1) is 5.92 Å². The third-order valence-electron chi connectivity index (χ3n) is 8.35. The zero-order valence-corrected chi connectivity index (χ0v) is 33.0. The van der Waals surface area contributed by atoms with E-state index in [0.717, 1.165) is 6.92 Å². The number of ether oxygens (including phenoxy) is 1. The zero-order valence-electron chi connectivity index (χ0n) is 32.1. The van der Waals surface area contributed by atoms with Crippen LogP contribution >= 0.6 is 7.82 Å². The van der Waals surface area contributed by atoms with Gasteiger partial charge in [0.15, 0.2) is 0 Å². The summed E-state index contributed by atoms with van der Waals surface area (Å²) >= 11 is 0. The monoisotopic (exact) mass is 818 g/mol. The predicted molar refractivity (Wildman–Crippen MR) is 195 cm³/mol. The molecular formula is C33H55N8O14P. The molecule has 0 radical (unpaired) electrons. The molecule has 1 unspecified atom stereocenters. The Labute approximate surface area is 324 Å². The highest BCUT2D eigenvalue weighted by Crippen LogP contribution is 2.45. The number of nitrogens with one attached hydrogen (secondary N) is 5. The van der Waals surface area contributed by atoms with Gasteiger partial charge in [-0.05, 0) is 46.0 Å². The molecule has 1 saturated heterocycles. The minimum atomic E-state index is -4.94. The van der Waals surface area contributed by atoms with Crippen LogP contribution in [-0.4, -0.2) is 140 Å². The van der Waals surface area contributed by atoms with E-state index in [1.165, 1.54) is 17.4 Å². The van der Waals surface area contributed by atoms with Crippen molar-refractivity contribution in [2.45, 2.75) is 116 Å². The summed E-state index contributed by atoms with van der Waals surface area (Å²) < 4.78 is 27.1. The van der Waals surface area contributed by atoms with Crippen LogP contribution in [0.5, 0.6) is 0 Å². The van der Waals surface area contributed by atoms with E-state index in [2.05, 4.69) is 35.8 Å². The second kappa shape index (κ2) is 22.9. The van der Waals surface area contributed by atoms with Crippen molar-refractivity contribution in [3.8, 4) is 0 Å². The van der Waals surface area contributed by atoms with Gasteiger partial charge in [-0.3, -0.25) is 42.6 Å². The van der Waals surface area contributed by atoms with Crippen LogP contribution in [0.3, 0.4) is 0 Å². The molecule has 1 aromatic heterocycles. The van der Waals surface area contributed by atoms with Gasteiger partial charge < -0.3 is 56.7 Å². The molecule has 56 heavy (non-hydrogen) atoms. The van der Waals surface area contributed by atoms with Gasteiger partial charge in [0.05, 0.1) is 51.2 Å². The molecule has 23 heteroatoms. The summed E-state index contributed by atoms with van der Waals surface area (Å²) in [6, 6.07) is -6.94. The number of aliphatic carboxylic acids is 1. The topological polar surface area (TPSA) is 331 Å². The van der Waals surface area contributed by atoms with Crippen LogP contribution in [0.1, 0.15) is 72.4 Å². The van der Waals surface area contributed by atoms with Crippen molar-refractivity contribution in [3.05, 3.63) is 18.2 Å². The molecule has 10 N–H and O–H groups in total.